The van der Waals surface area contributed by atoms with Crippen LogP contribution in [-0.4, -0.2) is 31.0 Å². The summed E-state index contributed by atoms with van der Waals surface area (Å²) in [5, 5.41) is 3.52. The molecular formula is C17H20Cl2N2O2S. The SMILES string of the molecule is COc1cc(Cl)c(C)cc1NC(=O)C(C)N(C)Cc1ccc(Cl)s1. The number of halogens is 2. The van der Waals surface area contributed by atoms with E-state index in [4.69, 9.17) is 27.9 Å². The highest BCUT2D eigenvalue weighted by molar-refractivity contribution is 7.16. The van der Waals surface area contributed by atoms with Gasteiger partial charge in [-0.3, -0.25) is 9.69 Å². The van der Waals surface area contributed by atoms with Crippen molar-refractivity contribution in [2.45, 2.75) is 26.4 Å². The van der Waals surface area contributed by atoms with Crippen molar-refractivity contribution in [1.29, 1.82) is 0 Å². The molecule has 1 N–H and O–H groups in total. The van der Waals surface area contributed by atoms with Crippen LogP contribution in [0.1, 0.15) is 17.4 Å². The standard InChI is InChI=1S/C17H20Cl2N2O2S/c1-10-7-14(15(23-4)8-13(10)18)20-17(22)11(2)21(3)9-12-5-6-16(19)24-12/h5-8,11H,9H2,1-4H3,(H,20,22). The molecule has 0 fully saturated rings. The van der Waals surface area contributed by atoms with Crippen LogP contribution in [0.3, 0.4) is 0 Å². The normalized spacial score (nSPS) is 12.3. The van der Waals surface area contributed by atoms with Gasteiger partial charge in [0.2, 0.25) is 5.91 Å². The molecule has 2 rings (SSSR count). The van der Waals surface area contributed by atoms with Gasteiger partial charge in [0.05, 0.1) is 23.2 Å². The predicted molar refractivity (Wildman–Crippen MR) is 102 cm³/mol. The molecule has 1 atom stereocenters. The fraction of sp³-hybridized carbons (Fsp3) is 0.353. The van der Waals surface area contributed by atoms with Gasteiger partial charge in [-0.15, -0.1) is 11.3 Å². The lowest BCUT2D eigenvalue weighted by molar-refractivity contribution is -0.120. The van der Waals surface area contributed by atoms with E-state index in [0.717, 1.165) is 14.8 Å². The second kappa shape index (κ2) is 8.21. The van der Waals surface area contributed by atoms with Crippen LogP contribution in [0.2, 0.25) is 9.36 Å². The minimum Gasteiger partial charge on any atom is -0.495 e. The number of amides is 1. The fourth-order valence-electron chi connectivity index (χ4n) is 2.19. The number of hydrogen-bond donors (Lipinski definition) is 1. The van der Waals surface area contributed by atoms with Crippen LogP contribution in [0.5, 0.6) is 5.75 Å². The summed E-state index contributed by atoms with van der Waals surface area (Å²) in [5.41, 5.74) is 1.49. The van der Waals surface area contributed by atoms with Crippen LogP contribution in [0, 0.1) is 6.92 Å². The third-order valence-corrected chi connectivity index (χ3v) is 5.44. The van der Waals surface area contributed by atoms with Gasteiger partial charge in [0.25, 0.3) is 0 Å². The molecule has 130 valence electrons. The zero-order valence-corrected chi connectivity index (χ0v) is 16.4. The summed E-state index contributed by atoms with van der Waals surface area (Å²) in [6, 6.07) is 7.03. The summed E-state index contributed by atoms with van der Waals surface area (Å²) >= 11 is 13.6. The van der Waals surface area contributed by atoms with Crippen LogP contribution in [0.25, 0.3) is 0 Å². The van der Waals surface area contributed by atoms with Crippen molar-refractivity contribution in [3.05, 3.63) is 44.1 Å². The monoisotopic (exact) mass is 386 g/mol. The number of carbonyl (C=O) groups excluding carboxylic acids is 1. The third-order valence-electron chi connectivity index (χ3n) is 3.81. The van der Waals surface area contributed by atoms with Gasteiger partial charge in [-0.2, -0.15) is 0 Å². The minimum absolute atomic E-state index is 0.111. The maximum absolute atomic E-state index is 12.5. The van der Waals surface area contributed by atoms with Crippen molar-refractivity contribution < 1.29 is 9.53 Å². The number of nitrogens with one attached hydrogen (secondary N) is 1. The number of aryl methyl sites for hydroxylation is 1. The van der Waals surface area contributed by atoms with E-state index >= 15 is 0 Å². The van der Waals surface area contributed by atoms with Crippen LogP contribution in [-0.2, 0) is 11.3 Å². The second-order valence-electron chi connectivity index (χ2n) is 5.59. The van der Waals surface area contributed by atoms with Gasteiger partial charge in [-0.05, 0) is 44.7 Å². The van der Waals surface area contributed by atoms with Crippen molar-refractivity contribution in [2.24, 2.45) is 0 Å². The highest BCUT2D eigenvalue weighted by atomic mass is 35.5. The summed E-state index contributed by atoms with van der Waals surface area (Å²) in [7, 11) is 3.45. The number of carbonyl (C=O) groups is 1. The lowest BCUT2D eigenvalue weighted by Gasteiger charge is -2.24. The van der Waals surface area contributed by atoms with Crippen LogP contribution in [0.15, 0.2) is 24.3 Å². The second-order valence-corrected chi connectivity index (χ2v) is 7.79. The van der Waals surface area contributed by atoms with Crippen molar-refractivity contribution in [1.82, 2.24) is 4.90 Å². The molecule has 1 amide bonds. The molecule has 0 bridgehead atoms. The van der Waals surface area contributed by atoms with Gasteiger partial charge in [-0.25, -0.2) is 0 Å². The first kappa shape index (κ1) is 19.1. The number of anilines is 1. The van der Waals surface area contributed by atoms with Crippen LogP contribution >= 0.6 is 34.5 Å². The molecule has 0 saturated carbocycles. The van der Waals surface area contributed by atoms with Crippen LogP contribution in [0.4, 0.5) is 5.69 Å². The Bertz CT molecular complexity index is 733. The molecule has 0 spiro atoms. The highest BCUT2D eigenvalue weighted by Crippen LogP contribution is 2.31. The van der Waals surface area contributed by atoms with Gasteiger partial charge in [0, 0.05) is 22.5 Å². The number of thiophene rings is 1. The lowest BCUT2D eigenvalue weighted by atomic mass is 10.2. The number of benzene rings is 1. The Labute approximate surface area is 156 Å². The summed E-state index contributed by atoms with van der Waals surface area (Å²) in [4.78, 5) is 15.6. The number of methoxy groups -OCH3 is 1. The summed E-state index contributed by atoms with van der Waals surface area (Å²) in [6.07, 6.45) is 0. The molecule has 24 heavy (non-hydrogen) atoms. The van der Waals surface area contributed by atoms with Gasteiger partial charge in [-0.1, -0.05) is 23.2 Å². The van der Waals surface area contributed by atoms with Crippen molar-refractivity contribution in [3.8, 4) is 5.75 Å². The van der Waals surface area contributed by atoms with E-state index in [-0.39, 0.29) is 11.9 Å². The number of rotatable bonds is 6. The largest absolute Gasteiger partial charge is 0.495 e. The summed E-state index contributed by atoms with van der Waals surface area (Å²) in [6.45, 7) is 4.40. The lowest BCUT2D eigenvalue weighted by Crippen LogP contribution is -2.39. The molecule has 1 aromatic carbocycles. The average molecular weight is 387 g/mol. The van der Waals surface area contributed by atoms with Crippen molar-refractivity contribution in [2.75, 3.05) is 19.5 Å². The Morgan fingerprint density at radius 1 is 1.38 bits per heavy atom. The quantitative estimate of drug-likeness (QED) is 0.772. The molecule has 1 heterocycles. The maximum Gasteiger partial charge on any atom is 0.241 e. The Morgan fingerprint density at radius 3 is 2.67 bits per heavy atom. The Kier molecular flexibility index (Phi) is 6.52. The first-order chi connectivity index (χ1) is 11.3. The van der Waals surface area contributed by atoms with Crippen molar-refractivity contribution in [3.63, 3.8) is 0 Å². The molecule has 0 saturated heterocycles. The molecule has 0 aliphatic rings. The van der Waals surface area contributed by atoms with Gasteiger partial charge < -0.3 is 10.1 Å². The fourth-order valence-corrected chi connectivity index (χ4v) is 3.49. The molecule has 1 aromatic heterocycles. The van der Waals surface area contributed by atoms with E-state index in [0.29, 0.717) is 23.0 Å². The zero-order valence-electron chi connectivity index (χ0n) is 14.0. The number of likely N-dealkylation sites (N-methyl/N-ethyl adjacent to an activating group) is 1. The Morgan fingerprint density at radius 2 is 2.08 bits per heavy atom. The van der Waals surface area contributed by atoms with Gasteiger partial charge >= 0.3 is 0 Å². The van der Waals surface area contributed by atoms with Crippen molar-refractivity contribution >= 4 is 46.1 Å². The van der Waals surface area contributed by atoms with E-state index in [1.807, 2.05) is 44.0 Å². The number of hydrogen-bond acceptors (Lipinski definition) is 4. The molecule has 2 aromatic rings. The molecule has 0 aliphatic carbocycles. The van der Waals surface area contributed by atoms with Gasteiger partial charge in [0.1, 0.15) is 5.75 Å². The van der Waals surface area contributed by atoms with E-state index in [2.05, 4.69) is 5.32 Å². The molecule has 4 nitrogen and oxygen atoms in total. The maximum atomic E-state index is 12.5. The summed E-state index contributed by atoms with van der Waals surface area (Å²) in [5.74, 6) is 0.430. The smallest absolute Gasteiger partial charge is 0.241 e. The van der Waals surface area contributed by atoms with Crippen LogP contribution < -0.4 is 10.1 Å². The zero-order chi connectivity index (χ0) is 17.9. The first-order valence-corrected chi connectivity index (χ1v) is 8.98. The Balaban J connectivity index is 2.07. The molecule has 0 aliphatic heterocycles. The topological polar surface area (TPSA) is 41.6 Å². The predicted octanol–water partition coefficient (Wildman–Crippen LogP) is 4.83. The number of ether oxygens (including phenoxy) is 1. The first-order valence-electron chi connectivity index (χ1n) is 7.41. The van der Waals surface area contributed by atoms with E-state index in [1.54, 1.807) is 13.2 Å². The van der Waals surface area contributed by atoms with E-state index in [9.17, 15) is 4.79 Å². The Hall–Kier alpha value is -1.27. The highest BCUT2D eigenvalue weighted by Gasteiger charge is 2.20. The minimum atomic E-state index is -0.313. The summed E-state index contributed by atoms with van der Waals surface area (Å²) < 4.78 is 6.04. The molecule has 1 unspecified atom stereocenters. The molecule has 7 heteroatoms. The number of nitrogens with zero attached hydrogens (tertiary/aromatic N) is 1. The molecular weight excluding hydrogens is 367 g/mol. The third kappa shape index (κ3) is 4.63. The van der Waals surface area contributed by atoms with E-state index in [1.165, 1.54) is 11.3 Å². The molecule has 0 radical (unpaired) electrons. The van der Waals surface area contributed by atoms with Gasteiger partial charge in [0.15, 0.2) is 0 Å². The average Bonchev–Trinajstić information content (AvgIpc) is 2.94. The van der Waals surface area contributed by atoms with E-state index < -0.39 is 0 Å².